The van der Waals surface area contributed by atoms with Gasteiger partial charge in [0.05, 0.1) is 6.61 Å². The first-order valence-electron chi connectivity index (χ1n) is 11.8. The number of hydrogen-bond acceptors (Lipinski definition) is 4. The van der Waals surface area contributed by atoms with E-state index in [0.29, 0.717) is 25.7 Å². The van der Waals surface area contributed by atoms with Crippen molar-refractivity contribution in [2.75, 3.05) is 39.8 Å². The minimum absolute atomic E-state index is 0. The molecule has 0 aliphatic carbocycles. The SMILES string of the molecule is CCOC(=O)N1CCC(NC(=NC)NCc2ccc(CN3CCCC(C)C3)cc2)CC1.I. The highest BCUT2D eigenvalue weighted by atomic mass is 127. The van der Waals surface area contributed by atoms with E-state index in [1.54, 1.807) is 11.9 Å². The van der Waals surface area contributed by atoms with Gasteiger partial charge in [0.2, 0.25) is 0 Å². The Morgan fingerprint density at radius 3 is 2.44 bits per heavy atom. The van der Waals surface area contributed by atoms with Crippen molar-refractivity contribution in [2.45, 2.75) is 58.7 Å². The molecular weight excluding hydrogens is 517 g/mol. The van der Waals surface area contributed by atoms with Crippen molar-refractivity contribution in [3.05, 3.63) is 35.4 Å². The summed E-state index contributed by atoms with van der Waals surface area (Å²) in [6.07, 6.45) is 4.26. The van der Waals surface area contributed by atoms with Crippen molar-refractivity contribution < 1.29 is 9.53 Å². The number of halogens is 1. The Morgan fingerprint density at radius 2 is 1.81 bits per heavy atom. The fourth-order valence-electron chi connectivity index (χ4n) is 4.45. The Morgan fingerprint density at radius 1 is 1.12 bits per heavy atom. The third-order valence-electron chi connectivity index (χ3n) is 6.22. The molecular formula is C24H40IN5O2. The minimum Gasteiger partial charge on any atom is -0.450 e. The number of carbonyl (C=O) groups excluding carboxylic acids is 1. The van der Waals surface area contributed by atoms with E-state index >= 15 is 0 Å². The first-order valence-corrected chi connectivity index (χ1v) is 11.8. The second kappa shape index (κ2) is 13.9. The van der Waals surface area contributed by atoms with Gasteiger partial charge in [-0.3, -0.25) is 9.89 Å². The first-order chi connectivity index (χ1) is 15.1. The summed E-state index contributed by atoms with van der Waals surface area (Å²) in [6.45, 7) is 10.3. The predicted octanol–water partition coefficient (Wildman–Crippen LogP) is 3.82. The lowest BCUT2D eigenvalue weighted by Crippen LogP contribution is -2.49. The molecule has 2 aliphatic rings. The molecule has 1 unspecified atom stereocenters. The van der Waals surface area contributed by atoms with Crippen molar-refractivity contribution in [3.8, 4) is 0 Å². The van der Waals surface area contributed by atoms with Crippen LogP contribution in [0.1, 0.15) is 50.7 Å². The quantitative estimate of drug-likeness (QED) is 0.316. The van der Waals surface area contributed by atoms with Crippen molar-refractivity contribution >= 4 is 36.0 Å². The van der Waals surface area contributed by atoms with Crippen LogP contribution < -0.4 is 10.6 Å². The van der Waals surface area contributed by atoms with Gasteiger partial charge in [-0.25, -0.2) is 4.79 Å². The summed E-state index contributed by atoms with van der Waals surface area (Å²) in [5.74, 6) is 1.62. The van der Waals surface area contributed by atoms with E-state index in [2.05, 4.69) is 51.7 Å². The molecule has 0 saturated carbocycles. The molecule has 3 rings (SSSR count). The molecule has 8 heteroatoms. The summed E-state index contributed by atoms with van der Waals surface area (Å²) in [7, 11) is 1.80. The van der Waals surface area contributed by atoms with Crippen LogP contribution in [-0.2, 0) is 17.8 Å². The number of likely N-dealkylation sites (tertiary alicyclic amines) is 2. The maximum atomic E-state index is 11.8. The van der Waals surface area contributed by atoms with Gasteiger partial charge in [0.1, 0.15) is 0 Å². The molecule has 0 bridgehead atoms. The van der Waals surface area contributed by atoms with Crippen LogP contribution >= 0.6 is 24.0 Å². The monoisotopic (exact) mass is 557 g/mol. The molecule has 0 radical (unpaired) electrons. The molecule has 0 aromatic heterocycles. The van der Waals surface area contributed by atoms with Crippen molar-refractivity contribution in [2.24, 2.45) is 10.9 Å². The number of guanidine groups is 1. The van der Waals surface area contributed by atoms with E-state index in [0.717, 1.165) is 37.8 Å². The van der Waals surface area contributed by atoms with Gasteiger partial charge in [0, 0.05) is 45.8 Å². The second-order valence-corrected chi connectivity index (χ2v) is 8.83. The van der Waals surface area contributed by atoms with E-state index in [1.165, 1.54) is 37.1 Å². The smallest absolute Gasteiger partial charge is 0.409 e. The standard InChI is InChI=1S/C24H39N5O2.HI/c1-4-31-24(30)29-14-11-22(12-15-29)27-23(25-3)26-16-20-7-9-21(10-8-20)18-28-13-5-6-19(2)17-28;/h7-10,19,22H,4-6,11-18H2,1-3H3,(H2,25,26,27);1H. The minimum atomic E-state index is -0.207. The Bertz CT molecular complexity index is 720. The Kier molecular flexibility index (Phi) is 11.6. The topological polar surface area (TPSA) is 69.2 Å². The molecule has 1 aromatic rings. The fourth-order valence-corrected chi connectivity index (χ4v) is 4.45. The number of piperidine rings is 2. The van der Waals surface area contributed by atoms with Gasteiger partial charge in [-0.1, -0.05) is 31.2 Å². The number of nitrogens with zero attached hydrogens (tertiary/aromatic N) is 3. The molecule has 2 saturated heterocycles. The maximum absolute atomic E-state index is 11.8. The fraction of sp³-hybridized carbons (Fsp3) is 0.667. The van der Waals surface area contributed by atoms with Crippen LogP contribution in [0, 0.1) is 5.92 Å². The van der Waals surface area contributed by atoms with Gasteiger partial charge in [0.15, 0.2) is 5.96 Å². The number of carbonyl (C=O) groups is 1. The van der Waals surface area contributed by atoms with Gasteiger partial charge < -0.3 is 20.3 Å². The zero-order chi connectivity index (χ0) is 22.1. The lowest BCUT2D eigenvalue weighted by molar-refractivity contribution is 0.0963. The molecule has 1 amide bonds. The number of nitrogens with one attached hydrogen (secondary N) is 2. The van der Waals surface area contributed by atoms with Crippen molar-refractivity contribution in [1.29, 1.82) is 0 Å². The van der Waals surface area contributed by atoms with Crippen LogP contribution in [0.5, 0.6) is 0 Å². The number of amides is 1. The molecule has 2 aliphatic heterocycles. The Hall–Kier alpha value is -1.55. The molecule has 0 spiro atoms. The molecule has 2 N–H and O–H groups in total. The van der Waals surface area contributed by atoms with Crippen LogP contribution in [0.4, 0.5) is 4.79 Å². The van der Waals surface area contributed by atoms with Crippen LogP contribution in [-0.4, -0.2) is 67.7 Å². The van der Waals surface area contributed by atoms with Gasteiger partial charge in [-0.05, 0) is 56.2 Å². The van der Waals surface area contributed by atoms with Crippen molar-refractivity contribution in [3.63, 3.8) is 0 Å². The normalized spacial score (nSPS) is 20.4. The van der Waals surface area contributed by atoms with E-state index < -0.39 is 0 Å². The van der Waals surface area contributed by atoms with Gasteiger partial charge in [-0.15, -0.1) is 24.0 Å². The molecule has 180 valence electrons. The van der Waals surface area contributed by atoms with E-state index in [4.69, 9.17) is 4.74 Å². The molecule has 1 atom stereocenters. The van der Waals surface area contributed by atoms with Crippen LogP contribution in [0.15, 0.2) is 29.3 Å². The summed E-state index contributed by atoms with van der Waals surface area (Å²) in [6, 6.07) is 9.22. The van der Waals surface area contributed by atoms with E-state index in [1.807, 2.05) is 6.92 Å². The summed E-state index contributed by atoms with van der Waals surface area (Å²) >= 11 is 0. The number of aliphatic imine (C=N–C) groups is 1. The van der Waals surface area contributed by atoms with Crippen LogP contribution in [0.2, 0.25) is 0 Å². The van der Waals surface area contributed by atoms with Crippen LogP contribution in [0.25, 0.3) is 0 Å². The highest BCUT2D eigenvalue weighted by Crippen LogP contribution is 2.18. The van der Waals surface area contributed by atoms with Crippen molar-refractivity contribution in [1.82, 2.24) is 20.4 Å². The largest absolute Gasteiger partial charge is 0.450 e. The van der Waals surface area contributed by atoms with E-state index in [9.17, 15) is 4.79 Å². The van der Waals surface area contributed by atoms with Gasteiger partial charge >= 0.3 is 6.09 Å². The third kappa shape index (κ3) is 8.42. The van der Waals surface area contributed by atoms with Gasteiger partial charge in [-0.2, -0.15) is 0 Å². The Labute approximate surface area is 210 Å². The lowest BCUT2D eigenvalue weighted by Gasteiger charge is -2.32. The van der Waals surface area contributed by atoms with Crippen LogP contribution in [0.3, 0.4) is 0 Å². The summed E-state index contributed by atoms with van der Waals surface area (Å²) in [4.78, 5) is 20.6. The molecule has 2 fully saturated rings. The number of benzene rings is 1. The number of ether oxygens (including phenoxy) is 1. The number of hydrogen-bond donors (Lipinski definition) is 2. The maximum Gasteiger partial charge on any atom is 0.409 e. The molecule has 1 aromatic carbocycles. The summed E-state index contributed by atoms with van der Waals surface area (Å²) < 4.78 is 5.09. The Balaban J connectivity index is 0.00000363. The summed E-state index contributed by atoms with van der Waals surface area (Å²) in [5.41, 5.74) is 2.63. The third-order valence-corrected chi connectivity index (χ3v) is 6.22. The average Bonchev–Trinajstić information content (AvgIpc) is 2.78. The zero-order valence-corrected chi connectivity index (χ0v) is 22.1. The molecule has 32 heavy (non-hydrogen) atoms. The molecule has 7 nitrogen and oxygen atoms in total. The number of rotatable bonds is 6. The van der Waals surface area contributed by atoms with Gasteiger partial charge in [0.25, 0.3) is 0 Å². The average molecular weight is 558 g/mol. The zero-order valence-electron chi connectivity index (χ0n) is 19.8. The highest BCUT2D eigenvalue weighted by Gasteiger charge is 2.24. The first kappa shape index (κ1) is 26.7. The lowest BCUT2D eigenvalue weighted by atomic mass is 9.99. The predicted molar refractivity (Wildman–Crippen MR) is 140 cm³/mol. The summed E-state index contributed by atoms with van der Waals surface area (Å²) in [5, 5.41) is 6.91. The highest BCUT2D eigenvalue weighted by molar-refractivity contribution is 14.0. The second-order valence-electron chi connectivity index (χ2n) is 8.83. The van der Waals surface area contributed by atoms with E-state index in [-0.39, 0.29) is 30.1 Å². The molecule has 2 heterocycles.